The van der Waals surface area contributed by atoms with E-state index >= 15 is 0 Å². The second kappa shape index (κ2) is 6.93. The summed E-state index contributed by atoms with van der Waals surface area (Å²) < 4.78 is 10.6. The van der Waals surface area contributed by atoms with Gasteiger partial charge in [0.05, 0.1) is 7.11 Å². The van der Waals surface area contributed by atoms with Crippen LogP contribution in [0.1, 0.15) is 22.6 Å². The van der Waals surface area contributed by atoms with E-state index in [-0.39, 0.29) is 12.6 Å². The molecule has 110 valence electrons. The summed E-state index contributed by atoms with van der Waals surface area (Å²) in [6.45, 7) is 4.28. The van der Waals surface area contributed by atoms with Gasteiger partial charge in [0.15, 0.2) is 0 Å². The van der Waals surface area contributed by atoms with Crippen molar-refractivity contribution in [2.24, 2.45) is 0 Å². The van der Waals surface area contributed by atoms with E-state index in [1.807, 2.05) is 62.4 Å². The number of aryl methyl sites for hydroxylation is 2. The Morgan fingerprint density at radius 1 is 1.05 bits per heavy atom. The second-order valence-electron chi connectivity index (χ2n) is 5.11. The Kier molecular flexibility index (Phi) is 4.99. The van der Waals surface area contributed by atoms with E-state index in [1.54, 1.807) is 0 Å². The summed E-state index contributed by atoms with van der Waals surface area (Å²) in [4.78, 5) is 12.0. The van der Waals surface area contributed by atoms with Gasteiger partial charge in [-0.25, -0.2) is 0 Å². The molecule has 0 radical (unpaired) electrons. The molecule has 0 aliphatic heterocycles. The van der Waals surface area contributed by atoms with Gasteiger partial charge in [-0.05, 0) is 31.5 Å². The molecule has 3 nitrogen and oxygen atoms in total. The van der Waals surface area contributed by atoms with Crippen LogP contribution in [0.2, 0.25) is 0 Å². The Hall–Kier alpha value is -2.29. The van der Waals surface area contributed by atoms with Crippen LogP contribution in [0, 0.1) is 13.8 Å². The zero-order valence-corrected chi connectivity index (χ0v) is 12.6. The van der Waals surface area contributed by atoms with Gasteiger partial charge in [-0.15, -0.1) is 0 Å². The van der Waals surface area contributed by atoms with E-state index in [9.17, 15) is 4.79 Å². The minimum atomic E-state index is -0.420. The SMILES string of the molecule is COC(=O)C(COc1ccc(C)cc1)c1cccc(C)c1. The summed E-state index contributed by atoms with van der Waals surface area (Å²) in [7, 11) is 1.40. The number of methoxy groups -OCH3 is 1. The first-order valence-electron chi connectivity index (χ1n) is 6.94. The molecule has 0 amide bonds. The van der Waals surface area contributed by atoms with E-state index in [1.165, 1.54) is 12.7 Å². The van der Waals surface area contributed by atoms with E-state index in [0.717, 1.165) is 16.9 Å². The Balaban J connectivity index is 2.13. The second-order valence-corrected chi connectivity index (χ2v) is 5.11. The molecule has 0 bridgehead atoms. The lowest BCUT2D eigenvalue weighted by Gasteiger charge is -2.16. The number of hydrogen-bond acceptors (Lipinski definition) is 3. The highest BCUT2D eigenvalue weighted by Crippen LogP contribution is 2.21. The molecule has 2 aromatic carbocycles. The fourth-order valence-electron chi connectivity index (χ4n) is 2.14. The summed E-state index contributed by atoms with van der Waals surface area (Å²) in [5.74, 6) is 0.0473. The van der Waals surface area contributed by atoms with E-state index < -0.39 is 5.92 Å². The molecule has 0 aliphatic rings. The van der Waals surface area contributed by atoms with Crippen LogP contribution in [0.25, 0.3) is 0 Å². The summed E-state index contributed by atoms with van der Waals surface area (Å²) in [5.41, 5.74) is 3.19. The van der Waals surface area contributed by atoms with Gasteiger partial charge < -0.3 is 9.47 Å². The Labute approximate surface area is 125 Å². The Morgan fingerprint density at radius 2 is 1.76 bits per heavy atom. The molecule has 2 aromatic rings. The highest BCUT2D eigenvalue weighted by Gasteiger charge is 2.22. The van der Waals surface area contributed by atoms with Crippen molar-refractivity contribution in [1.82, 2.24) is 0 Å². The zero-order valence-electron chi connectivity index (χ0n) is 12.6. The average Bonchev–Trinajstić information content (AvgIpc) is 2.49. The summed E-state index contributed by atoms with van der Waals surface area (Å²) >= 11 is 0. The molecule has 0 heterocycles. The number of esters is 1. The minimum absolute atomic E-state index is 0.263. The van der Waals surface area contributed by atoms with Gasteiger partial charge in [0.1, 0.15) is 18.3 Å². The van der Waals surface area contributed by atoms with Crippen LogP contribution in [-0.4, -0.2) is 19.7 Å². The molecule has 3 heteroatoms. The van der Waals surface area contributed by atoms with Crippen LogP contribution in [0.3, 0.4) is 0 Å². The smallest absolute Gasteiger partial charge is 0.316 e. The summed E-state index contributed by atoms with van der Waals surface area (Å²) in [6.07, 6.45) is 0. The minimum Gasteiger partial charge on any atom is -0.492 e. The van der Waals surface area contributed by atoms with Crippen molar-refractivity contribution < 1.29 is 14.3 Å². The topological polar surface area (TPSA) is 35.5 Å². The lowest BCUT2D eigenvalue weighted by Crippen LogP contribution is -2.21. The normalized spacial score (nSPS) is 11.8. The van der Waals surface area contributed by atoms with Crippen molar-refractivity contribution in [2.75, 3.05) is 13.7 Å². The quantitative estimate of drug-likeness (QED) is 0.786. The van der Waals surface area contributed by atoms with Crippen LogP contribution in [-0.2, 0) is 9.53 Å². The van der Waals surface area contributed by atoms with Gasteiger partial charge in [0.2, 0.25) is 0 Å². The number of ether oxygens (including phenoxy) is 2. The molecular formula is C18H20O3. The molecular weight excluding hydrogens is 264 g/mol. The highest BCUT2D eigenvalue weighted by molar-refractivity contribution is 5.78. The lowest BCUT2D eigenvalue weighted by atomic mass is 9.98. The van der Waals surface area contributed by atoms with Gasteiger partial charge in [-0.3, -0.25) is 4.79 Å². The van der Waals surface area contributed by atoms with Gasteiger partial charge in [-0.2, -0.15) is 0 Å². The van der Waals surface area contributed by atoms with Crippen molar-refractivity contribution in [3.63, 3.8) is 0 Å². The first-order chi connectivity index (χ1) is 10.1. The number of rotatable bonds is 5. The maximum atomic E-state index is 12.0. The number of carbonyl (C=O) groups is 1. The monoisotopic (exact) mass is 284 g/mol. The molecule has 0 N–H and O–H groups in total. The molecule has 0 aliphatic carbocycles. The number of carbonyl (C=O) groups excluding carboxylic acids is 1. The third-order valence-electron chi connectivity index (χ3n) is 3.37. The van der Waals surface area contributed by atoms with Crippen LogP contribution >= 0.6 is 0 Å². The predicted octanol–water partition coefficient (Wildman–Crippen LogP) is 3.64. The van der Waals surface area contributed by atoms with E-state index in [4.69, 9.17) is 9.47 Å². The van der Waals surface area contributed by atoms with Crippen LogP contribution in [0.5, 0.6) is 5.75 Å². The molecule has 1 atom stereocenters. The standard InChI is InChI=1S/C18H20O3/c1-13-7-9-16(10-8-13)21-12-17(18(19)20-3)15-6-4-5-14(2)11-15/h4-11,17H,12H2,1-3H3. The lowest BCUT2D eigenvalue weighted by molar-refractivity contribution is -0.143. The maximum Gasteiger partial charge on any atom is 0.316 e. The average molecular weight is 284 g/mol. The Morgan fingerprint density at radius 3 is 2.38 bits per heavy atom. The molecule has 0 saturated heterocycles. The van der Waals surface area contributed by atoms with E-state index in [0.29, 0.717) is 0 Å². The van der Waals surface area contributed by atoms with Crippen molar-refractivity contribution in [1.29, 1.82) is 0 Å². The van der Waals surface area contributed by atoms with Crippen molar-refractivity contribution in [3.8, 4) is 5.75 Å². The van der Waals surface area contributed by atoms with Crippen molar-refractivity contribution >= 4 is 5.97 Å². The largest absolute Gasteiger partial charge is 0.492 e. The third-order valence-corrected chi connectivity index (χ3v) is 3.37. The maximum absolute atomic E-state index is 12.0. The first kappa shape index (κ1) is 15.1. The summed E-state index contributed by atoms with van der Waals surface area (Å²) in [6, 6.07) is 15.6. The van der Waals surface area contributed by atoms with E-state index in [2.05, 4.69) is 0 Å². The van der Waals surface area contributed by atoms with Crippen LogP contribution in [0.4, 0.5) is 0 Å². The first-order valence-corrected chi connectivity index (χ1v) is 6.94. The fourth-order valence-corrected chi connectivity index (χ4v) is 2.14. The third kappa shape index (κ3) is 4.09. The molecule has 0 spiro atoms. The highest BCUT2D eigenvalue weighted by atomic mass is 16.5. The summed E-state index contributed by atoms with van der Waals surface area (Å²) in [5, 5.41) is 0. The predicted molar refractivity (Wildman–Crippen MR) is 82.6 cm³/mol. The molecule has 2 rings (SSSR count). The zero-order chi connectivity index (χ0) is 15.2. The van der Waals surface area contributed by atoms with Crippen molar-refractivity contribution in [3.05, 3.63) is 65.2 Å². The molecule has 0 saturated carbocycles. The molecule has 0 fully saturated rings. The van der Waals surface area contributed by atoms with Gasteiger partial charge in [0, 0.05) is 0 Å². The number of benzene rings is 2. The molecule has 0 aromatic heterocycles. The Bertz CT molecular complexity index is 602. The van der Waals surface area contributed by atoms with Crippen molar-refractivity contribution in [2.45, 2.75) is 19.8 Å². The molecule has 1 unspecified atom stereocenters. The number of hydrogen-bond donors (Lipinski definition) is 0. The fraction of sp³-hybridized carbons (Fsp3) is 0.278. The van der Waals surface area contributed by atoms with Gasteiger partial charge >= 0.3 is 5.97 Å². The van der Waals surface area contributed by atoms with Crippen LogP contribution in [0.15, 0.2) is 48.5 Å². The molecule has 21 heavy (non-hydrogen) atoms. The van der Waals surface area contributed by atoms with Crippen LogP contribution < -0.4 is 4.74 Å². The van der Waals surface area contributed by atoms with Gasteiger partial charge in [0.25, 0.3) is 0 Å². The van der Waals surface area contributed by atoms with Gasteiger partial charge in [-0.1, -0.05) is 47.5 Å².